The number of thiazole rings is 1. The van der Waals surface area contributed by atoms with Gasteiger partial charge in [-0.25, -0.2) is 19.9 Å². The Balaban J connectivity index is 1.37. The van der Waals surface area contributed by atoms with Crippen LogP contribution < -0.4 is 5.32 Å². The molecule has 2 N–H and O–H groups in total. The van der Waals surface area contributed by atoms with Crippen LogP contribution in [-0.2, 0) is 6.18 Å². The van der Waals surface area contributed by atoms with E-state index in [-0.39, 0.29) is 22.7 Å². The topological polar surface area (TPSA) is 122 Å². The van der Waals surface area contributed by atoms with Gasteiger partial charge < -0.3 is 14.8 Å². The van der Waals surface area contributed by atoms with Crippen molar-refractivity contribution in [2.75, 3.05) is 0 Å². The van der Waals surface area contributed by atoms with E-state index >= 15 is 0 Å². The molecule has 0 unspecified atom stereocenters. The zero-order chi connectivity index (χ0) is 22.5. The molecule has 4 heterocycles. The summed E-state index contributed by atoms with van der Waals surface area (Å²) in [6.45, 7) is 1.69. The van der Waals surface area contributed by atoms with Gasteiger partial charge in [-0.15, -0.1) is 11.3 Å². The molecule has 5 rings (SSSR count). The standard InChI is InChI=1S/C19H12F3N7O2S/c1-8(26-17(30)14-15-18(24-6-23-14)32-7-25-15)13-5-12(29-31-13)16-27-10-3-2-9(19(20,21)22)4-11(10)28-16/h2-8H,1H3,(H,26,30)(H,27,28)/t8-/m1/s1. The first-order valence-electron chi connectivity index (χ1n) is 9.18. The van der Waals surface area contributed by atoms with Crippen molar-refractivity contribution in [3.63, 3.8) is 0 Å². The fraction of sp³-hybridized carbons (Fsp3) is 0.158. The number of nitrogens with one attached hydrogen (secondary N) is 2. The Morgan fingerprint density at radius 2 is 2.06 bits per heavy atom. The first kappa shape index (κ1) is 20.1. The molecule has 0 aliphatic heterocycles. The number of nitrogens with zero attached hydrogens (tertiary/aromatic N) is 5. The molecule has 4 aromatic heterocycles. The molecule has 0 spiro atoms. The van der Waals surface area contributed by atoms with E-state index in [1.54, 1.807) is 18.5 Å². The van der Waals surface area contributed by atoms with Crippen LogP contribution in [0.4, 0.5) is 13.2 Å². The third-order valence-corrected chi connectivity index (χ3v) is 5.44. The fourth-order valence-corrected chi connectivity index (χ4v) is 3.74. The molecule has 32 heavy (non-hydrogen) atoms. The number of alkyl halides is 3. The highest BCUT2D eigenvalue weighted by Crippen LogP contribution is 2.32. The molecule has 5 aromatic rings. The van der Waals surface area contributed by atoms with Crippen LogP contribution >= 0.6 is 11.3 Å². The van der Waals surface area contributed by atoms with E-state index in [9.17, 15) is 18.0 Å². The number of carbonyl (C=O) groups is 1. The number of aromatic amines is 1. The molecule has 0 fully saturated rings. The highest BCUT2D eigenvalue weighted by atomic mass is 32.1. The van der Waals surface area contributed by atoms with Gasteiger partial charge in [-0.3, -0.25) is 4.79 Å². The minimum Gasteiger partial charge on any atom is -0.358 e. The summed E-state index contributed by atoms with van der Waals surface area (Å²) in [4.78, 5) is 32.5. The Morgan fingerprint density at radius 1 is 1.22 bits per heavy atom. The Kier molecular flexibility index (Phi) is 4.62. The van der Waals surface area contributed by atoms with Gasteiger partial charge in [-0.05, 0) is 25.1 Å². The van der Waals surface area contributed by atoms with Gasteiger partial charge in [-0.2, -0.15) is 13.2 Å². The summed E-state index contributed by atoms with van der Waals surface area (Å²) < 4.78 is 44.1. The number of carbonyl (C=O) groups excluding carboxylic acids is 1. The average molecular weight is 459 g/mol. The third-order valence-electron chi connectivity index (χ3n) is 4.70. The molecule has 0 radical (unpaired) electrons. The SMILES string of the molecule is C[C@@H](NC(=O)c1ncnc2scnc12)c1cc(-c2nc3ccc(C(F)(F)F)cc3[nH]2)no1. The maximum Gasteiger partial charge on any atom is 0.416 e. The number of fused-ring (bicyclic) bond motifs is 2. The largest absolute Gasteiger partial charge is 0.416 e. The number of imidazole rings is 1. The van der Waals surface area contributed by atoms with Crippen molar-refractivity contribution in [1.82, 2.24) is 35.4 Å². The number of rotatable bonds is 4. The zero-order valence-corrected chi connectivity index (χ0v) is 17.0. The van der Waals surface area contributed by atoms with Crippen molar-refractivity contribution < 1.29 is 22.5 Å². The van der Waals surface area contributed by atoms with Gasteiger partial charge in [-0.1, -0.05) is 5.16 Å². The molecule has 1 amide bonds. The maximum absolute atomic E-state index is 12.9. The summed E-state index contributed by atoms with van der Waals surface area (Å²) in [5.74, 6) is 0.110. The quantitative estimate of drug-likeness (QED) is 0.414. The van der Waals surface area contributed by atoms with Crippen LogP contribution in [0.5, 0.6) is 0 Å². The minimum atomic E-state index is -4.46. The molecule has 13 heteroatoms. The summed E-state index contributed by atoms with van der Waals surface area (Å²) in [5, 5.41) is 6.67. The molecule has 0 saturated carbocycles. The van der Waals surface area contributed by atoms with Crippen molar-refractivity contribution >= 4 is 38.6 Å². The second-order valence-electron chi connectivity index (χ2n) is 6.85. The van der Waals surface area contributed by atoms with E-state index in [0.717, 1.165) is 12.1 Å². The van der Waals surface area contributed by atoms with Gasteiger partial charge in [0.15, 0.2) is 17.3 Å². The average Bonchev–Trinajstić information content (AvgIpc) is 3.50. The summed E-state index contributed by atoms with van der Waals surface area (Å²) in [6, 6.07) is 4.20. The summed E-state index contributed by atoms with van der Waals surface area (Å²) >= 11 is 1.30. The fourth-order valence-electron chi connectivity index (χ4n) is 3.11. The van der Waals surface area contributed by atoms with E-state index in [1.807, 2.05) is 0 Å². The van der Waals surface area contributed by atoms with Gasteiger partial charge in [0, 0.05) is 6.07 Å². The molecule has 9 nitrogen and oxygen atoms in total. The highest BCUT2D eigenvalue weighted by molar-refractivity contribution is 7.16. The number of hydrogen-bond acceptors (Lipinski definition) is 8. The van der Waals surface area contributed by atoms with E-state index in [0.29, 0.717) is 21.6 Å². The lowest BCUT2D eigenvalue weighted by Gasteiger charge is -2.10. The predicted molar refractivity (Wildman–Crippen MR) is 108 cm³/mol. The van der Waals surface area contributed by atoms with Crippen molar-refractivity contribution in [2.24, 2.45) is 0 Å². The van der Waals surface area contributed by atoms with Crippen molar-refractivity contribution in [2.45, 2.75) is 19.1 Å². The van der Waals surface area contributed by atoms with Crippen LogP contribution in [-0.4, -0.2) is 36.0 Å². The Hall–Kier alpha value is -3.87. The summed E-state index contributed by atoms with van der Waals surface area (Å²) in [7, 11) is 0. The summed E-state index contributed by atoms with van der Waals surface area (Å²) in [5.41, 5.74) is 2.20. The predicted octanol–water partition coefficient (Wildman–Crippen LogP) is 4.13. The second kappa shape index (κ2) is 7.37. The molecule has 1 aromatic carbocycles. The molecule has 162 valence electrons. The molecule has 0 aliphatic carbocycles. The first-order valence-corrected chi connectivity index (χ1v) is 10.1. The van der Waals surface area contributed by atoms with Crippen LogP contribution in [0.2, 0.25) is 0 Å². The lowest BCUT2D eigenvalue weighted by molar-refractivity contribution is -0.137. The van der Waals surface area contributed by atoms with E-state index in [1.165, 1.54) is 23.7 Å². The smallest absolute Gasteiger partial charge is 0.358 e. The van der Waals surface area contributed by atoms with Gasteiger partial charge >= 0.3 is 6.18 Å². The third kappa shape index (κ3) is 3.56. The number of halogens is 3. The zero-order valence-electron chi connectivity index (χ0n) is 16.1. The molecule has 1 atom stereocenters. The van der Waals surface area contributed by atoms with Gasteiger partial charge in [0.1, 0.15) is 22.4 Å². The van der Waals surface area contributed by atoms with Gasteiger partial charge in [0.25, 0.3) is 5.91 Å². The Labute approximate surface area is 180 Å². The number of aromatic nitrogens is 6. The van der Waals surface area contributed by atoms with E-state index < -0.39 is 23.7 Å². The lowest BCUT2D eigenvalue weighted by Crippen LogP contribution is -2.27. The molecular formula is C19H12F3N7O2S. The maximum atomic E-state index is 12.9. The van der Waals surface area contributed by atoms with Crippen molar-refractivity contribution in [3.8, 4) is 11.5 Å². The number of hydrogen-bond donors (Lipinski definition) is 2. The van der Waals surface area contributed by atoms with E-state index in [2.05, 4.69) is 35.4 Å². The second-order valence-corrected chi connectivity index (χ2v) is 7.69. The van der Waals surface area contributed by atoms with Crippen molar-refractivity contribution in [3.05, 3.63) is 53.1 Å². The van der Waals surface area contributed by atoms with Crippen LogP contribution in [0.15, 0.2) is 40.6 Å². The number of benzene rings is 1. The lowest BCUT2D eigenvalue weighted by atomic mass is 10.2. The van der Waals surface area contributed by atoms with Crippen LogP contribution in [0.25, 0.3) is 32.9 Å². The van der Waals surface area contributed by atoms with E-state index in [4.69, 9.17) is 4.52 Å². The first-order chi connectivity index (χ1) is 15.3. The van der Waals surface area contributed by atoms with Crippen LogP contribution in [0.1, 0.15) is 34.8 Å². The van der Waals surface area contributed by atoms with Crippen LogP contribution in [0.3, 0.4) is 0 Å². The van der Waals surface area contributed by atoms with Gasteiger partial charge in [0.2, 0.25) is 0 Å². The summed E-state index contributed by atoms with van der Waals surface area (Å²) in [6.07, 6.45) is -3.17. The van der Waals surface area contributed by atoms with Crippen LogP contribution in [0, 0.1) is 0 Å². The highest BCUT2D eigenvalue weighted by Gasteiger charge is 2.31. The number of amides is 1. The normalized spacial score (nSPS) is 13.0. The molecular weight excluding hydrogens is 447 g/mol. The Morgan fingerprint density at radius 3 is 2.88 bits per heavy atom. The monoisotopic (exact) mass is 459 g/mol. The Bertz CT molecular complexity index is 1460. The van der Waals surface area contributed by atoms with Crippen molar-refractivity contribution in [1.29, 1.82) is 0 Å². The van der Waals surface area contributed by atoms with Gasteiger partial charge in [0.05, 0.1) is 28.1 Å². The molecule has 0 saturated heterocycles. The minimum absolute atomic E-state index is 0.139. The molecule has 0 bridgehead atoms. The molecule has 0 aliphatic rings. The number of H-pyrrole nitrogens is 1.